The summed E-state index contributed by atoms with van der Waals surface area (Å²) >= 11 is 0.956. The minimum absolute atomic E-state index is 0.956. The zero-order valence-corrected chi connectivity index (χ0v) is 13.4. The summed E-state index contributed by atoms with van der Waals surface area (Å²) in [5.41, 5.74) is -3.02. The molecule has 0 radical (unpaired) electrons. The summed E-state index contributed by atoms with van der Waals surface area (Å²) < 4.78 is 42.8. The highest BCUT2D eigenvalue weighted by molar-refractivity contribution is 7.99. The SMILES string of the molecule is CSC1OC(C)([C@H](NC(=O)C(F)(F)F)[C@@H](C)O)C(O)C(O)[C@H]1O. The number of hydrogen-bond acceptors (Lipinski definition) is 7. The standard InChI is InChI=1S/C12H20F3NO6S/c1-4(17)7(16-10(21)12(13,14)15)11(2)8(20)5(18)6(19)9(22-11)23-3/h4-9,17-20H,1-3H3,(H,16,21)/t4-,5?,6-,7-,8?,9?,11?/m1/s1. The molecule has 1 amide bonds. The number of nitrogens with one attached hydrogen (secondary N) is 1. The highest BCUT2D eigenvalue weighted by Gasteiger charge is 2.57. The molecule has 1 heterocycles. The molecule has 0 bridgehead atoms. The van der Waals surface area contributed by atoms with Crippen LogP contribution < -0.4 is 5.32 Å². The molecule has 7 nitrogen and oxygen atoms in total. The maximum Gasteiger partial charge on any atom is 0.471 e. The van der Waals surface area contributed by atoms with Crippen molar-refractivity contribution < 1.29 is 43.1 Å². The number of thioether (sulfide) groups is 1. The van der Waals surface area contributed by atoms with E-state index in [1.807, 2.05) is 0 Å². The first-order valence-corrected chi connectivity index (χ1v) is 7.95. The molecule has 0 aromatic rings. The normalized spacial score (nSPS) is 38.0. The van der Waals surface area contributed by atoms with Crippen LogP contribution in [0, 0.1) is 0 Å². The number of carbonyl (C=O) groups excluding carboxylic acids is 1. The average Bonchev–Trinajstić information content (AvgIpc) is 2.44. The smallest absolute Gasteiger partial charge is 0.391 e. The van der Waals surface area contributed by atoms with Crippen LogP contribution in [-0.2, 0) is 9.53 Å². The van der Waals surface area contributed by atoms with Crippen molar-refractivity contribution in [3.05, 3.63) is 0 Å². The van der Waals surface area contributed by atoms with Gasteiger partial charge in [-0.1, -0.05) is 0 Å². The number of carbonyl (C=O) groups is 1. The molecule has 1 aliphatic heterocycles. The number of amides is 1. The van der Waals surface area contributed by atoms with Gasteiger partial charge in [0.15, 0.2) is 0 Å². The number of aliphatic hydroxyl groups is 4. The zero-order chi connectivity index (χ0) is 18.2. The van der Waals surface area contributed by atoms with Crippen LogP contribution in [0.15, 0.2) is 0 Å². The molecule has 1 aliphatic rings. The van der Waals surface area contributed by atoms with Crippen LogP contribution in [0.4, 0.5) is 13.2 Å². The second-order valence-corrected chi connectivity index (χ2v) is 6.46. The van der Waals surface area contributed by atoms with Crippen LogP contribution in [0.2, 0.25) is 0 Å². The van der Waals surface area contributed by atoms with E-state index in [0.717, 1.165) is 25.6 Å². The monoisotopic (exact) mass is 363 g/mol. The molecule has 1 saturated heterocycles. The Kier molecular flexibility index (Phi) is 6.33. The molecule has 0 aromatic carbocycles. The van der Waals surface area contributed by atoms with Gasteiger partial charge in [-0.15, -0.1) is 11.8 Å². The zero-order valence-electron chi connectivity index (χ0n) is 12.6. The number of ether oxygens (including phenoxy) is 1. The molecule has 5 N–H and O–H groups in total. The quantitative estimate of drug-likeness (QED) is 0.434. The van der Waals surface area contributed by atoms with Gasteiger partial charge in [-0.25, -0.2) is 0 Å². The number of aliphatic hydroxyl groups excluding tert-OH is 4. The Morgan fingerprint density at radius 3 is 2.22 bits per heavy atom. The predicted molar refractivity (Wildman–Crippen MR) is 74.5 cm³/mol. The van der Waals surface area contributed by atoms with Crippen LogP contribution in [0.3, 0.4) is 0 Å². The molecule has 1 fully saturated rings. The summed E-state index contributed by atoms with van der Waals surface area (Å²) in [6, 6.07) is -1.68. The third-order valence-corrected chi connectivity index (χ3v) is 4.63. The molecule has 23 heavy (non-hydrogen) atoms. The molecule has 11 heteroatoms. The topological polar surface area (TPSA) is 119 Å². The van der Waals surface area contributed by atoms with E-state index < -0.39 is 53.6 Å². The predicted octanol–water partition coefficient (Wildman–Crippen LogP) is -1.03. The Labute approximate surface area is 134 Å². The van der Waals surface area contributed by atoms with Gasteiger partial charge in [-0.2, -0.15) is 13.2 Å². The molecule has 136 valence electrons. The minimum atomic E-state index is -5.19. The lowest BCUT2D eigenvalue weighted by Gasteiger charge is -2.51. The van der Waals surface area contributed by atoms with Crippen molar-refractivity contribution in [2.45, 2.75) is 61.5 Å². The Morgan fingerprint density at radius 2 is 1.83 bits per heavy atom. The van der Waals surface area contributed by atoms with Crippen molar-refractivity contribution in [3.63, 3.8) is 0 Å². The number of halogens is 3. The minimum Gasteiger partial charge on any atom is -0.391 e. The Morgan fingerprint density at radius 1 is 1.30 bits per heavy atom. The Balaban J connectivity index is 3.15. The average molecular weight is 363 g/mol. The fourth-order valence-corrected chi connectivity index (χ4v) is 3.23. The molecule has 0 aliphatic carbocycles. The molecular weight excluding hydrogens is 343 g/mol. The molecule has 0 saturated carbocycles. The van der Waals surface area contributed by atoms with Gasteiger partial charge in [0.25, 0.3) is 0 Å². The van der Waals surface area contributed by atoms with Gasteiger partial charge in [-0.05, 0) is 20.1 Å². The van der Waals surface area contributed by atoms with Crippen LogP contribution in [0.1, 0.15) is 13.8 Å². The van der Waals surface area contributed by atoms with E-state index in [-0.39, 0.29) is 0 Å². The van der Waals surface area contributed by atoms with E-state index in [0.29, 0.717) is 0 Å². The highest BCUT2D eigenvalue weighted by atomic mass is 32.2. The molecule has 7 atom stereocenters. The summed E-state index contributed by atoms with van der Waals surface area (Å²) in [5.74, 6) is -2.32. The van der Waals surface area contributed by atoms with Gasteiger partial charge < -0.3 is 30.5 Å². The largest absolute Gasteiger partial charge is 0.471 e. The Bertz CT molecular complexity index is 436. The Hall–Kier alpha value is -0.590. The summed E-state index contributed by atoms with van der Waals surface area (Å²) in [5, 5.41) is 41.1. The number of rotatable bonds is 4. The van der Waals surface area contributed by atoms with Crippen LogP contribution in [0.25, 0.3) is 0 Å². The van der Waals surface area contributed by atoms with Crippen molar-refractivity contribution in [1.29, 1.82) is 0 Å². The lowest BCUT2D eigenvalue weighted by molar-refractivity contribution is -0.256. The van der Waals surface area contributed by atoms with Crippen LogP contribution >= 0.6 is 11.8 Å². The fraction of sp³-hybridized carbons (Fsp3) is 0.917. The van der Waals surface area contributed by atoms with Crippen LogP contribution in [-0.4, -0.2) is 80.3 Å². The molecule has 1 rings (SSSR count). The molecule has 0 aromatic heterocycles. The number of alkyl halides is 3. The van der Waals surface area contributed by atoms with E-state index in [1.165, 1.54) is 6.26 Å². The van der Waals surface area contributed by atoms with Gasteiger partial charge >= 0.3 is 12.1 Å². The third kappa shape index (κ3) is 4.09. The van der Waals surface area contributed by atoms with Gasteiger partial charge in [0.05, 0.1) is 12.1 Å². The van der Waals surface area contributed by atoms with Crippen molar-refractivity contribution in [2.24, 2.45) is 0 Å². The maximum atomic E-state index is 12.5. The van der Waals surface area contributed by atoms with E-state index in [1.54, 1.807) is 5.32 Å². The van der Waals surface area contributed by atoms with Gasteiger partial charge in [-0.3, -0.25) is 4.79 Å². The van der Waals surface area contributed by atoms with E-state index >= 15 is 0 Å². The second kappa shape index (κ2) is 7.11. The van der Waals surface area contributed by atoms with Crippen molar-refractivity contribution in [3.8, 4) is 0 Å². The van der Waals surface area contributed by atoms with Crippen molar-refractivity contribution in [1.82, 2.24) is 5.32 Å². The van der Waals surface area contributed by atoms with Crippen LogP contribution in [0.5, 0.6) is 0 Å². The first-order valence-electron chi connectivity index (χ1n) is 6.66. The first kappa shape index (κ1) is 20.5. The number of hydrogen-bond donors (Lipinski definition) is 5. The second-order valence-electron chi connectivity index (χ2n) is 5.52. The van der Waals surface area contributed by atoms with Gasteiger partial charge in [0.1, 0.15) is 29.3 Å². The van der Waals surface area contributed by atoms with E-state index in [9.17, 15) is 38.4 Å². The third-order valence-electron chi connectivity index (χ3n) is 3.79. The van der Waals surface area contributed by atoms with E-state index in [2.05, 4.69) is 0 Å². The van der Waals surface area contributed by atoms with Crippen molar-refractivity contribution >= 4 is 17.7 Å². The summed E-state index contributed by atoms with van der Waals surface area (Å²) in [6.07, 6.45) is -10.3. The highest BCUT2D eigenvalue weighted by Crippen LogP contribution is 2.37. The molecule has 4 unspecified atom stereocenters. The molecule has 0 spiro atoms. The summed E-state index contributed by atoms with van der Waals surface area (Å²) in [4.78, 5) is 11.2. The lowest BCUT2D eigenvalue weighted by atomic mass is 9.80. The maximum absolute atomic E-state index is 12.5. The molecular formula is C12H20F3NO6S. The van der Waals surface area contributed by atoms with Gasteiger partial charge in [0.2, 0.25) is 0 Å². The summed E-state index contributed by atoms with van der Waals surface area (Å²) in [7, 11) is 0. The van der Waals surface area contributed by atoms with Crippen molar-refractivity contribution in [2.75, 3.05) is 6.26 Å². The van der Waals surface area contributed by atoms with Gasteiger partial charge in [0, 0.05) is 0 Å². The van der Waals surface area contributed by atoms with E-state index in [4.69, 9.17) is 4.74 Å². The first-order chi connectivity index (χ1) is 10.4. The fourth-order valence-electron chi connectivity index (χ4n) is 2.49. The summed E-state index contributed by atoms with van der Waals surface area (Å²) in [6.45, 7) is 2.25. The lowest BCUT2D eigenvalue weighted by Crippen LogP contribution is -2.72.